The van der Waals surface area contributed by atoms with Crippen LogP contribution >= 0.6 is 0 Å². The molecular weight excluding hydrogens is 294 g/mol. The zero-order valence-corrected chi connectivity index (χ0v) is 13.2. The van der Waals surface area contributed by atoms with Crippen molar-refractivity contribution >= 4 is 11.7 Å². The number of benzene rings is 1. The van der Waals surface area contributed by atoms with Crippen LogP contribution in [0.2, 0.25) is 0 Å². The molecule has 0 radical (unpaired) electrons. The van der Waals surface area contributed by atoms with Gasteiger partial charge in [-0.25, -0.2) is 9.78 Å². The molecule has 2 heterocycles. The SMILES string of the molecule is CCN(CC1CCCO1)C(=O)Nc1cccc(-c2cnco2)c1. The molecule has 1 fully saturated rings. The van der Waals surface area contributed by atoms with Gasteiger partial charge in [-0.3, -0.25) is 0 Å². The van der Waals surface area contributed by atoms with Crippen LogP contribution in [0.4, 0.5) is 10.5 Å². The summed E-state index contributed by atoms with van der Waals surface area (Å²) in [7, 11) is 0. The van der Waals surface area contributed by atoms with Crippen LogP contribution in [-0.4, -0.2) is 41.7 Å². The van der Waals surface area contributed by atoms with E-state index >= 15 is 0 Å². The van der Waals surface area contributed by atoms with Gasteiger partial charge in [-0.2, -0.15) is 0 Å². The minimum atomic E-state index is -0.113. The van der Waals surface area contributed by atoms with E-state index in [-0.39, 0.29) is 12.1 Å². The second-order valence-corrected chi connectivity index (χ2v) is 5.55. The Morgan fingerprint density at radius 2 is 2.39 bits per heavy atom. The first-order chi connectivity index (χ1) is 11.3. The topological polar surface area (TPSA) is 67.6 Å². The van der Waals surface area contributed by atoms with Crippen LogP contribution in [0, 0.1) is 0 Å². The normalized spacial score (nSPS) is 17.2. The molecule has 1 aliphatic rings. The van der Waals surface area contributed by atoms with Crippen molar-refractivity contribution in [2.45, 2.75) is 25.9 Å². The molecule has 2 amide bonds. The Bertz CT molecular complexity index is 636. The lowest BCUT2D eigenvalue weighted by Crippen LogP contribution is -2.39. The molecule has 6 heteroatoms. The molecule has 6 nitrogen and oxygen atoms in total. The molecule has 1 atom stereocenters. The van der Waals surface area contributed by atoms with Crippen molar-refractivity contribution in [1.82, 2.24) is 9.88 Å². The van der Waals surface area contributed by atoms with Crippen molar-refractivity contribution in [3.05, 3.63) is 36.9 Å². The fourth-order valence-electron chi connectivity index (χ4n) is 2.70. The third-order valence-electron chi connectivity index (χ3n) is 3.95. The van der Waals surface area contributed by atoms with Crippen LogP contribution in [0.3, 0.4) is 0 Å². The Labute approximate surface area is 135 Å². The minimum absolute atomic E-state index is 0.113. The molecule has 0 saturated carbocycles. The Hall–Kier alpha value is -2.34. The average molecular weight is 315 g/mol. The van der Waals surface area contributed by atoms with Crippen molar-refractivity contribution in [3.8, 4) is 11.3 Å². The first kappa shape index (κ1) is 15.6. The summed E-state index contributed by atoms with van der Waals surface area (Å²) < 4.78 is 10.9. The van der Waals surface area contributed by atoms with Crippen LogP contribution in [0.5, 0.6) is 0 Å². The molecule has 2 aromatic rings. The quantitative estimate of drug-likeness (QED) is 0.918. The smallest absolute Gasteiger partial charge is 0.321 e. The number of carbonyl (C=O) groups is 1. The molecule has 1 N–H and O–H groups in total. The van der Waals surface area contributed by atoms with Gasteiger partial charge in [0.05, 0.1) is 12.3 Å². The van der Waals surface area contributed by atoms with Crippen LogP contribution < -0.4 is 5.32 Å². The maximum atomic E-state index is 12.5. The largest absolute Gasteiger partial charge is 0.444 e. The first-order valence-corrected chi connectivity index (χ1v) is 7.92. The number of carbonyl (C=O) groups excluding carboxylic acids is 1. The maximum Gasteiger partial charge on any atom is 0.321 e. The molecular formula is C17H21N3O3. The summed E-state index contributed by atoms with van der Waals surface area (Å²) in [4.78, 5) is 18.1. The summed E-state index contributed by atoms with van der Waals surface area (Å²) in [5.74, 6) is 0.674. The summed E-state index contributed by atoms with van der Waals surface area (Å²) in [6.45, 7) is 4.04. The summed E-state index contributed by atoms with van der Waals surface area (Å²) in [6, 6.07) is 7.41. The zero-order chi connectivity index (χ0) is 16.1. The molecule has 1 aromatic heterocycles. The van der Waals surface area contributed by atoms with Crippen LogP contribution in [0.25, 0.3) is 11.3 Å². The first-order valence-electron chi connectivity index (χ1n) is 7.92. The predicted octanol–water partition coefficient (Wildman–Crippen LogP) is 3.37. The van der Waals surface area contributed by atoms with Gasteiger partial charge in [0.15, 0.2) is 12.2 Å². The average Bonchev–Trinajstić information content (AvgIpc) is 3.26. The predicted molar refractivity (Wildman–Crippen MR) is 87.2 cm³/mol. The highest BCUT2D eigenvalue weighted by molar-refractivity contribution is 5.90. The van der Waals surface area contributed by atoms with Gasteiger partial charge in [-0.1, -0.05) is 12.1 Å². The lowest BCUT2D eigenvalue weighted by Gasteiger charge is -2.24. The third kappa shape index (κ3) is 3.90. The minimum Gasteiger partial charge on any atom is -0.444 e. The number of urea groups is 1. The van der Waals surface area contributed by atoms with Gasteiger partial charge in [-0.15, -0.1) is 0 Å². The van der Waals surface area contributed by atoms with Crippen molar-refractivity contribution in [1.29, 1.82) is 0 Å². The van der Waals surface area contributed by atoms with E-state index in [4.69, 9.17) is 9.15 Å². The van der Waals surface area contributed by atoms with E-state index in [1.807, 2.05) is 31.2 Å². The Kier molecular flexibility index (Phi) is 4.92. The van der Waals surface area contributed by atoms with E-state index in [9.17, 15) is 4.79 Å². The number of hydrogen-bond donors (Lipinski definition) is 1. The molecule has 1 aromatic carbocycles. The van der Waals surface area contributed by atoms with E-state index in [1.54, 1.807) is 11.1 Å². The molecule has 1 saturated heterocycles. The lowest BCUT2D eigenvalue weighted by atomic mass is 10.1. The van der Waals surface area contributed by atoms with Crippen LogP contribution in [-0.2, 0) is 4.74 Å². The number of nitrogens with one attached hydrogen (secondary N) is 1. The Balaban J connectivity index is 1.65. The van der Waals surface area contributed by atoms with E-state index < -0.39 is 0 Å². The summed E-state index contributed by atoms with van der Waals surface area (Å²) >= 11 is 0. The Morgan fingerprint density at radius 3 is 3.09 bits per heavy atom. The highest BCUT2D eigenvalue weighted by Crippen LogP contribution is 2.22. The van der Waals surface area contributed by atoms with E-state index in [0.29, 0.717) is 18.8 Å². The van der Waals surface area contributed by atoms with Gasteiger partial charge in [0.25, 0.3) is 0 Å². The highest BCUT2D eigenvalue weighted by atomic mass is 16.5. The van der Waals surface area contributed by atoms with E-state index in [1.165, 1.54) is 6.39 Å². The van der Waals surface area contributed by atoms with Gasteiger partial charge in [0.2, 0.25) is 0 Å². The van der Waals surface area contributed by atoms with E-state index in [0.717, 1.165) is 30.7 Å². The van der Waals surface area contributed by atoms with Gasteiger partial charge in [0, 0.05) is 30.9 Å². The lowest BCUT2D eigenvalue weighted by molar-refractivity contribution is 0.0849. The van der Waals surface area contributed by atoms with Crippen molar-refractivity contribution in [2.24, 2.45) is 0 Å². The standard InChI is InChI=1S/C17H21N3O3/c1-2-20(11-15-7-4-8-22-15)17(21)19-14-6-3-5-13(9-14)16-10-18-12-23-16/h3,5-6,9-10,12,15H,2,4,7-8,11H2,1H3,(H,19,21). The number of oxazole rings is 1. The number of likely N-dealkylation sites (N-methyl/N-ethyl adjacent to an activating group) is 1. The number of amides is 2. The summed E-state index contributed by atoms with van der Waals surface area (Å²) in [5.41, 5.74) is 1.61. The molecule has 0 spiro atoms. The summed E-state index contributed by atoms with van der Waals surface area (Å²) in [5, 5.41) is 2.94. The second kappa shape index (κ2) is 7.28. The maximum absolute atomic E-state index is 12.5. The van der Waals surface area contributed by atoms with Gasteiger partial charge < -0.3 is 19.4 Å². The molecule has 0 aliphatic carbocycles. The number of hydrogen-bond acceptors (Lipinski definition) is 4. The molecule has 1 unspecified atom stereocenters. The third-order valence-corrected chi connectivity index (χ3v) is 3.95. The number of anilines is 1. The zero-order valence-electron chi connectivity index (χ0n) is 13.2. The Morgan fingerprint density at radius 1 is 1.48 bits per heavy atom. The van der Waals surface area contributed by atoms with Crippen LogP contribution in [0.1, 0.15) is 19.8 Å². The van der Waals surface area contributed by atoms with Gasteiger partial charge >= 0.3 is 6.03 Å². The highest BCUT2D eigenvalue weighted by Gasteiger charge is 2.21. The number of rotatable bonds is 5. The number of ether oxygens (including phenoxy) is 1. The second-order valence-electron chi connectivity index (χ2n) is 5.55. The fraction of sp³-hybridized carbons (Fsp3) is 0.412. The molecule has 3 rings (SSSR count). The van der Waals surface area contributed by atoms with Gasteiger partial charge in [-0.05, 0) is 31.9 Å². The van der Waals surface area contributed by atoms with Crippen molar-refractivity contribution in [2.75, 3.05) is 25.0 Å². The van der Waals surface area contributed by atoms with Crippen LogP contribution in [0.15, 0.2) is 41.3 Å². The number of aromatic nitrogens is 1. The molecule has 122 valence electrons. The van der Waals surface area contributed by atoms with E-state index in [2.05, 4.69) is 10.3 Å². The summed E-state index contributed by atoms with van der Waals surface area (Å²) in [6.07, 6.45) is 5.28. The monoisotopic (exact) mass is 315 g/mol. The fourth-order valence-corrected chi connectivity index (χ4v) is 2.70. The van der Waals surface area contributed by atoms with Crippen molar-refractivity contribution in [3.63, 3.8) is 0 Å². The molecule has 23 heavy (non-hydrogen) atoms. The molecule has 0 bridgehead atoms. The van der Waals surface area contributed by atoms with Crippen molar-refractivity contribution < 1.29 is 13.9 Å². The molecule has 1 aliphatic heterocycles. The number of nitrogens with zero attached hydrogens (tertiary/aromatic N) is 2. The van der Waals surface area contributed by atoms with Gasteiger partial charge in [0.1, 0.15) is 0 Å².